The molecule has 0 atom stereocenters. The zero-order chi connectivity index (χ0) is 18.6. The van der Waals surface area contributed by atoms with E-state index in [4.69, 9.17) is 4.74 Å². The molecule has 1 fully saturated rings. The highest BCUT2D eigenvalue weighted by Gasteiger charge is 2.29. The third-order valence-corrected chi connectivity index (χ3v) is 4.32. The number of carbonyl (C=O) groups is 2. The van der Waals surface area contributed by atoms with E-state index in [1.807, 2.05) is 20.8 Å². The first-order valence-corrected chi connectivity index (χ1v) is 8.62. The first kappa shape index (κ1) is 19.4. The maximum atomic E-state index is 12.9. The highest BCUT2D eigenvalue weighted by Crippen LogP contribution is 2.19. The molecule has 6 heteroatoms. The molecule has 1 aliphatic heterocycles. The zero-order valence-electron chi connectivity index (χ0n) is 15.4. The van der Waals surface area contributed by atoms with Crippen molar-refractivity contribution in [1.29, 1.82) is 0 Å². The first-order chi connectivity index (χ1) is 11.7. The number of ketones is 1. The minimum Gasteiger partial charge on any atom is -0.444 e. The van der Waals surface area contributed by atoms with Gasteiger partial charge in [-0.25, -0.2) is 9.18 Å². The van der Waals surface area contributed by atoms with Crippen LogP contribution in [0.2, 0.25) is 0 Å². The highest BCUT2D eigenvalue weighted by molar-refractivity contribution is 5.97. The van der Waals surface area contributed by atoms with Crippen LogP contribution in [-0.2, 0) is 4.74 Å². The molecule has 0 N–H and O–H groups in total. The molecule has 25 heavy (non-hydrogen) atoms. The third kappa shape index (κ3) is 5.81. The predicted molar refractivity (Wildman–Crippen MR) is 94.2 cm³/mol. The molecule has 1 heterocycles. The van der Waals surface area contributed by atoms with Gasteiger partial charge in [-0.1, -0.05) is 0 Å². The number of piperidine rings is 1. The summed E-state index contributed by atoms with van der Waals surface area (Å²) in [6.45, 7) is 7.34. The molecule has 0 unspecified atom stereocenters. The normalized spacial score (nSPS) is 16.5. The summed E-state index contributed by atoms with van der Waals surface area (Å²) in [7, 11) is 1.76. The monoisotopic (exact) mass is 350 g/mol. The fourth-order valence-electron chi connectivity index (χ4n) is 2.88. The van der Waals surface area contributed by atoms with E-state index in [2.05, 4.69) is 4.90 Å². The van der Waals surface area contributed by atoms with Crippen LogP contribution < -0.4 is 0 Å². The van der Waals surface area contributed by atoms with Crippen molar-refractivity contribution in [3.05, 3.63) is 35.6 Å². The molecule has 5 nitrogen and oxygen atoms in total. The van der Waals surface area contributed by atoms with Gasteiger partial charge in [0.05, 0.1) is 6.54 Å². The summed E-state index contributed by atoms with van der Waals surface area (Å²) >= 11 is 0. The van der Waals surface area contributed by atoms with Gasteiger partial charge in [-0.15, -0.1) is 0 Å². The molecular formula is C19H27FN2O3. The lowest BCUT2D eigenvalue weighted by Crippen LogP contribution is -2.47. The Kier molecular flexibility index (Phi) is 6.16. The van der Waals surface area contributed by atoms with Crippen molar-refractivity contribution in [2.24, 2.45) is 0 Å². The van der Waals surface area contributed by atoms with Crippen molar-refractivity contribution in [3.63, 3.8) is 0 Å². The number of nitrogens with zero attached hydrogens (tertiary/aromatic N) is 2. The van der Waals surface area contributed by atoms with Gasteiger partial charge in [0.1, 0.15) is 11.4 Å². The van der Waals surface area contributed by atoms with Crippen molar-refractivity contribution in [2.75, 3.05) is 26.7 Å². The van der Waals surface area contributed by atoms with E-state index in [9.17, 15) is 14.0 Å². The Morgan fingerprint density at radius 1 is 1.20 bits per heavy atom. The van der Waals surface area contributed by atoms with Gasteiger partial charge >= 0.3 is 6.09 Å². The van der Waals surface area contributed by atoms with Crippen LogP contribution >= 0.6 is 0 Å². The SMILES string of the molecule is CN(C(=O)OC(C)(C)C)C1CCN(CC(=O)c2ccc(F)cc2)CC1. The summed E-state index contributed by atoms with van der Waals surface area (Å²) in [6, 6.07) is 5.75. The van der Waals surface area contributed by atoms with Crippen LogP contribution in [0.1, 0.15) is 44.0 Å². The predicted octanol–water partition coefficient (Wildman–Crippen LogP) is 3.34. The van der Waals surface area contributed by atoms with Gasteiger partial charge in [-0.2, -0.15) is 0 Å². The van der Waals surface area contributed by atoms with Gasteiger partial charge in [0.2, 0.25) is 0 Å². The second kappa shape index (κ2) is 7.95. The van der Waals surface area contributed by atoms with Crippen LogP contribution in [0.25, 0.3) is 0 Å². The summed E-state index contributed by atoms with van der Waals surface area (Å²) in [5, 5.41) is 0. The maximum Gasteiger partial charge on any atom is 0.410 e. The Balaban J connectivity index is 1.82. The molecule has 138 valence electrons. The highest BCUT2D eigenvalue weighted by atomic mass is 19.1. The smallest absolute Gasteiger partial charge is 0.410 e. The Morgan fingerprint density at radius 2 is 1.76 bits per heavy atom. The second-order valence-corrected chi connectivity index (χ2v) is 7.53. The van der Waals surface area contributed by atoms with E-state index < -0.39 is 5.60 Å². The van der Waals surface area contributed by atoms with Gasteiger partial charge in [0, 0.05) is 31.7 Å². The molecule has 0 radical (unpaired) electrons. The minimum atomic E-state index is -0.506. The molecule has 2 rings (SSSR count). The van der Waals surface area contributed by atoms with Crippen LogP contribution in [0.5, 0.6) is 0 Å². The molecule has 1 aromatic rings. The van der Waals surface area contributed by atoms with Crippen LogP contribution in [0.15, 0.2) is 24.3 Å². The lowest BCUT2D eigenvalue weighted by molar-refractivity contribution is 0.0152. The topological polar surface area (TPSA) is 49.9 Å². The van der Waals surface area contributed by atoms with Gasteiger partial charge in [-0.05, 0) is 57.9 Å². The number of carbonyl (C=O) groups excluding carboxylic acids is 2. The number of benzene rings is 1. The standard InChI is InChI=1S/C19H27FN2O3/c1-19(2,3)25-18(24)21(4)16-9-11-22(12-10-16)13-17(23)14-5-7-15(20)8-6-14/h5-8,16H,9-13H2,1-4H3. The summed E-state index contributed by atoms with van der Waals surface area (Å²) in [5.74, 6) is -0.360. The van der Waals surface area contributed by atoms with Crippen LogP contribution in [-0.4, -0.2) is 60.0 Å². The van der Waals surface area contributed by atoms with E-state index >= 15 is 0 Å². The molecular weight excluding hydrogens is 323 g/mol. The summed E-state index contributed by atoms with van der Waals surface area (Å²) < 4.78 is 18.3. The molecule has 0 saturated carbocycles. The number of ether oxygens (including phenoxy) is 1. The number of hydrogen-bond donors (Lipinski definition) is 0. The van der Waals surface area contributed by atoms with Crippen molar-refractivity contribution in [2.45, 2.75) is 45.3 Å². The molecule has 1 aromatic carbocycles. The van der Waals surface area contributed by atoms with Crippen LogP contribution in [0.3, 0.4) is 0 Å². The zero-order valence-corrected chi connectivity index (χ0v) is 15.4. The fourth-order valence-corrected chi connectivity index (χ4v) is 2.88. The number of likely N-dealkylation sites (tertiary alicyclic amines) is 1. The fraction of sp³-hybridized carbons (Fsp3) is 0.579. The third-order valence-electron chi connectivity index (χ3n) is 4.32. The van der Waals surface area contributed by atoms with Crippen molar-refractivity contribution < 1.29 is 18.7 Å². The van der Waals surface area contributed by atoms with Crippen molar-refractivity contribution in [1.82, 2.24) is 9.80 Å². The van der Waals surface area contributed by atoms with Crippen molar-refractivity contribution >= 4 is 11.9 Å². The summed E-state index contributed by atoms with van der Waals surface area (Å²) in [6.07, 6.45) is 1.28. The van der Waals surface area contributed by atoms with Gasteiger partial charge in [-0.3, -0.25) is 9.69 Å². The molecule has 1 saturated heterocycles. The maximum absolute atomic E-state index is 12.9. The average molecular weight is 350 g/mol. The summed E-state index contributed by atoms with van der Waals surface area (Å²) in [4.78, 5) is 28.1. The lowest BCUT2D eigenvalue weighted by Gasteiger charge is -2.37. The van der Waals surface area contributed by atoms with Gasteiger partial charge in [0.15, 0.2) is 5.78 Å². The molecule has 0 aliphatic carbocycles. The Hall–Kier alpha value is -1.95. The number of rotatable bonds is 4. The average Bonchev–Trinajstić information content (AvgIpc) is 2.54. The molecule has 0 spiro atoms. The largest absolute Gasteiger partial charge is 0.444 e. The number of amides is 1. The first-order valence-electron chi connectivity index (χ1n) is 8.62. The van der Waals surface area contributed by atoms with E-state index in [-0.39, 0.29) is 23.7 Å². The Bertz CT molecular complexity index is 602. The van der Waals surface area contributed by atoms with E-state index in [0.717, 1.165) is 25.9 Å². The molecule has 1 amide bonds. The van der Waals surface area contributed by atoms with Gasteiger partial charge < -0.3 is 9.64 Å². The van der Waals surface area contributed by atoms with Gasteiger partial charge in [0.25, 0.3) is 0 Å². The Labute approximate surface area is 148 Å². The number of Topliss-reactive ketones (excluding diaryl/α,β-unsaturated/α-hetero) is 1. The van der Waals surface area contributed by atoms with Crippen LogP contribution in [0.4, 0.5) is 9.18 Å². The van der Waals surface area contributed by atoms with E-state index in [1.165, 1.54) is 24.3 Å². The van der Waals surface area contributed by atoms with E-state index in [0.29, 0.717) is 12.1 Å². The van der Waals surface area contributed by atoms with E-state index in [1.54, 1.807) is 11.9 Å². The molecule has 0 aromatic heterocycles. The number of hydrogen-bond acceptors (Lipinski definition) is 4. The minimum absolute atomic E-state index is 0.0149. The second-order valence-electron chi connectivity index (χ2n) is 7.53. The number of halogens is 1. The van der Waals surface area contributed by atoms with Crippen molar-refractivity contribution in [3.8, 4) is 0 Å². The lowest BCUT2D eigenvalue weighted by atomic mass is 10.0. The molecule has 0 bridgehead atoms. The molecule has 1 aliphatic rings. The van der Waals surface area contributed by atoms with Crippen LogP contribution in [0, 0.1) is 5.82 Å². The quantitative estimate of drug-likeness (QED) is 0.782. The summed E-state index contributed by atoms with van der Waals surface area (Å²) in [5.41, 5.74) is 0.0163. The Morgan fingerprint density at radius 3 is 2.28 bits per heavy atom.